The minimum Gasteiger partial charge on any atom is -0.315 e. The highest BCUT2D eigenvalue weighted by molar-refractivity contribution is 5.94. The maximum atomic E-state index is 12.4. The fraction of sp³-hybridized carbons (Fsp3) is 0.235. The number of carbonyl (C=O) groups is 1. The number of hydrogen-bond acceptors (Lipinski definition) is 1. The van der Waals surface area contributed by atoms with Crippen LogP contribution in [0.25, 0.3) is 0 Å². The average molecular weight is 253 g/mol. The molecule has 0 saturated heterocycles. The normalized spacial score (nSPS) is 11.9. The molecule has 0 unspecified atom stereocenters. The van der Waals surface area contributed by atoms with E-state index in [1.165, 1.54) is 5.56 Å². The number of amides is 1. The predicted octanol–water partition coefficient (Wildman–Crippen LogP) is 3.53. The lowest BCUT2D eigenvalue weighted by atomic mass is 10.00. The zero-order valence-corrected chi connectivity index (χ0v) is 11.4. The first-order valence-corrected chi connectivity index (χ1v) is 6.55. The summed E-state index contributed by atoms with van der Waals surface area (Å²) >= 11 is 0. The Morgan fingerprint density at radius 2 is 1.53 bits per heavy atom. The van der Waals surface area contributed by atoms with E-state index in [9.17, 15) is 4.79 Å². The van der Waals surface area contributed by atoms with Gasteiger partial charge in [0.2, 0.25) is 5.91 Å². The summed E-state index contributed by atoms with van der Waals surface area (Å²) in [7, 11) is 1.83. The Morgan fingerprint density at radius 3 is 2.11 bits per heavy atom. The number of carbonyl (C=O) groups excluding carboxylic acids is 1. The van der Waals surface area contributed by atoms with Gasteiger partial charge in [0.25, 0.3) is 0 Å². The molecule has 0 aliphatic rings. The highest BCUT2D eigenvalue weighted by atomic mass is 16.2. The smallest absolute Gasteiger partial charge is 0.229 e. The van der Waals surface area contributed by atoms with Crippen LogP contribution in [-0.2, 0) is 11.2 Å². The van der Waals surface area contributed by atoms with Crippen molar-refractivity contribution in [1.29, 1.82) is 0 Å². The van der Waals surface area contributed by atoms with Crippen molar-refractivity contribution in [3.8, 4) is 0 Å². The summed E-state index contributed by atoms with van der Waals surface area (Å²) in [5.74, 6) is 0.127. The average Bonchev–Trinajstić information content (AvgIpc) is 2.47. The van der Waals surface area contributed by atoms with Crippen LogP contribution in [0.2, 0.25) is 0 Å². The molecular weight excluding hydrogens is 234 g/mol. The minimum absolute atomic E-state index is 0.0207. The number of anilines is 1. The second kappa shape index (κ2) is 6.19. The highest BCUT2D eigenvalue weighted by Gasteiger charge is 2.18. The van der Waals surface area contributed by atoms with Crippen LogP contribution in [0.5, 0.6) is 0 Å². The van der Waals surface area contributed by atoms with E-state index in [-0.39, 0.29) is 11.8 Å². The molecule has 0 aliphatic heterocycles. The first kappa shape index (κ1) is 13.3. The van der Waals surface area contributed by atoms with E-state index in [1.807, 2.05) is 62.5 Å². The summed E-state index contributed by atoms with van der Waals surface area (Å²) < 4.78 is 0. The van der Waals surface area contributed by atoms with Crippen molar-refractivity contribution in [3.63, 3.8) is 0 Å². The van der Waals surface area contributed by atoms with Gasteiger partial charge in [-0.15, -0.1) is 0 Å². The molecule has 0 aromatic heterocycles. The largest absolute Gasteiger partial charge is 0.315 e. The summed E-state index contributed by atoms with van der Waals surface area (Å²) in [4.78, 5) is 14.1. The molecule has 0 radical (unpaired) electrons. The van der Waals surface area contributed by atoms with E-state index in [0.717, 1.165) is 12.1 Å². The molecule has 2 heteroatoms. The lowest BCUT2D eigenvalue weighted by Crippen LogP contribution is -2.32. The summed E-state index contributed by atoms with van der Waals surface area (Å²) in [5.41, 5.74) is 2.14. The molecule has 0 N–H and O–H groups in total. The molecule has 0 spiro atoms. The van der Waals surface area contributed by atoms with Crippen molar-refractivity contribution < 1.29 is 4.79 Å². The van der Waals surface area contributed by atoms with E-state index in [1.54, 1.807) is 4.90 Å². The molecule has 19 heavy (non-hydrogen) atoms. The van der Waals surface area contributed by atoms with Gasteiger partial charge < -0.3 is 4.90 Å². The topological polar surface area (TPSA) is 20.3 Å². The monoisotopic (exact) mass is 253 g/mol. The molecule has 0 saturated carbocycles. The molecule has 2 aromatic rings. The van der Waals surface area contributed by atoms with Crippen molar-refractivity contribution in [3.05, 3.63) is 66.2 Å². The van der Waals surface area contributed by atoms with E-state index in [2.05, 4.69) is 12.1 Å². The molecular formula is C17H19NO. The van der Waals surface area contributed by atoms with Gasteiger partial charge in [-0.25, -0.2) is 0 Å². The van der Waals surface area contributed by atoms with Gasteiger partial charge in [-0.3, -0.25) is 4.79 Å². The molecule has 0 heterocycles. The quantitative estimate of drug-likeness (QED) is 0.816. The zero-order valence-electron chi connectivity index (χ0n) is 11.4. The maximum Gasteiger partial charge on any atom is 0.229 e. The first-order chi connectivity index (χ1) is 9.18. The molecule has 0 bridgehead atoms. The van der Waals surface area contributed by atoms with Crippen LogP contribution in [0.3, 0.4) is 0 Å². The standard InChI is InChI=1S/C17H19NO/c1-14(13-15-9-5-3-6-10-15)17(19)18(2)16-11-7-4-8-12-16/h3-12,14H,13H2,1-2H3/t14-/m0/s1. The third-order valence-corrected chi connectivity index (χ3v) is 3.28. The molecule has 2 aromatic carbocycles. The van der Waals surface area contributed by atoms with E-state index in [0.29, 0.717) is 0 Å². The Kier molecular flexibility index (Phi) is 4.35. The van der Waals surface area contributed by atoms with Gasteiger partial charge >= 0.3 is 0 Å². The summed E-state index contributed by atoms with van der Waals surface area (Å²) in [6, 6.07) is 19.9. The van der Waals surface area contributed by atoms with Crippen molar-refractivity contribution in [2.45, 2.75) is 13.3 Å². The van der Waals surface area contributed by atoms with Crippen molar-refractivity contribution in [2.75, 3.05) is 11.9 Å². The first-order valence-electron chi connectivity index (χ1n) is 6.55. The van der Waals surface area contributed by atoms with Crippen LogP contribution < -0.4 is 4.90 Å². The molecule has 1 amide bonds. The summed E-state index contributed by atoms with van der Waals surface area (Å²) in [6.07, 6.45) is 0.775. The molecule has 2 nitrogen and oxygen atoms in total. The molecule has 0 fully saturated rings. The molecule has 0 aliphatic carbocycles. The summed E-state index contributed by atoms with van der Waals surface area (Å²) in [5, 5.41) is 0. The van der Waals surface area contributed by atoms with Crippen LogP contribution >= 0.6 is 0 Å². The van der Waals surface area contributed by atoms with E-state index >= 15 is 0 Å². The zero-order chi connectivity index (χ0) is 13.7. The number of para-hydroxylation sites is 1. The third-order valence-electron chi connectivity index (χ3n) is 3.28. The Labute approximate surface area is 114 Å². The van der Waals surface area contributed by atoms with Crippen molar-refractivity contribution in [2.24, 2.45) is 5.92 Å². The second-order valence-corrected chi connectivity index (χ2v) is 4.82. The van der Waals surface area contributed by atoms with Gasteiger partial charge in [-0.2, -0.15) is 0 Å². The van der Waals surface area contributed by atoms with Gasteiger partial charge in [0.1, 0.15) is 0 Å². The fourth-order valence-electron chi connectivity index (χ4n) is 2.16. The van der Waals surface area contributed by atoms with Crippen molar-refractivity contribution in [1.82, 2.24) is 0 Å². The number of nitrogens with zero attached hydrogens (tertiary/aromatic N) is 1. The van der Waals surface area contributed by atoms with E-state index in [4.69, 9.17) is 0 Å². The van der Waals surface area contributed by atoms with Gasteiger partial charge in [0.15, 0.2) is 0 Å². The van der Waals surface area contributed by atoms with Gasteiger partial charge in [0, 0.05) is 18.7 Å². The Balaban J connectivity index is 2.03. The fourth-order valence-corrected chi connectivity index (χ4v) is 2.16. The molecule has 98 valence electrons. The number of benzene rings is 2. The number of rotatable bonds is 4. The molecule has 2 rings (SSSR count). The minimum atomic E-state index is -0.0207. The Morgan fingerprint density at radius 1 is 1.00 bits per heavy atom. The Hall–Kier alpha value is -2.09. The molecule has 1 atom stereocenters. The SMILES string of the molecule is C[C@@H](Cc1ccccc1)C(=O)N(C)c1ccccc1. The predicted molar refractivity (Wildman–Crippen MR) is 79.2 cm³/mol. The second-order valence-electron chi connectivity index (χ2n) is 4.82. The van der Waals surface area contributed by atoms with E-state index < -0.39 is 0 Å². The van der Waals surface area contributed by atoms with Crippen LogP contribution in [0.1, 0.15) is 12.5 Å². The van der Waals surface area contributed by atoms with Crippen LogP contribution in [0.15, 0.2) is 60.7 Å². The van der Waals surface area contributed by atoms with Crippen LogP contribution in [0, 0.1) is 5.92 Å². The Bertz CT molecular complexity index is 521. The number of hydrogen-bond donors (Lipinski definition) is 0. The summed E-state index contributed by atoms with van der Waals surface area (Å²) in [6.45, 7) is 1.98. The highest BCUT2D eigenvalue weighted by Crippen LogP contribution is 2.16. The maximum absolute atomic E-state index is 12.4. The van der Waals surface area contributed by atoms with Crippen LogP contribution in [-0.4, -0.2) is 13.0 Å². The van der Waals surface area contributed by atoms with Crippen molar-refractivity contribution >= 4 is 11.6 Å². The van der Waals surface area contributed by atoms with Gasteiger partial charge in [0.05, 0.1) is 0 Å². The lowest BCUT2D eigenvalue weighted by Gasteiger charge is -2.21. The lowest BCUT2D eigenvalue weighted by molar-refractivity contribution is -0.121. The third kappa shape index (κ3) is 3.44. The van der Waals surface area contributed by atoms with Gasteiger partial charge in [-0.05, 0) is 24.1 Å². The van der Waals surface area contributed by atoms with Gasteiger partial charge in [-0.1, -0.05) is 55.5 Å². The van der Waals surface area contributed by atoms with Crippen LogP contribution in [0.4, 0.5) is 5.69 Å².